The van der Waals surface area contributed by atoms with E-state index in [0.717, 1.165) is 44.3 Å². The molecule has 0 saturated carbocycles. The van der Waals surface area contributed by atoms with Crippen molar-refractivity contribution < 1.29 is 0 Å². The Morgan fingerprint density at radius 2 is 1.90 bits per heavy atom. The summed E-state index contributed by atoms with van der Waals surface area (Å²) in [5.41, 5.74) is 3.45. The van der Waals surface area contributed by atoms with Crippen LogP contribution >= 0.6 is 11.6 Å². The van der Waals surface area contributed by atoms with E-state index in [0.29, 0.717) is 10.8 Å². The molecule has 5 nitrogen and oxygen atoms in total. The van der Waals surface area contributed by atoms with Gasteiger partial charge in [-0.25, -0.2) is 10.8 Å². The molecule has 2 rings (SSSR count). The number of piperazine rings is 1. The second-order valence-corrected chi connectivity index (χ2v) is 6.15. The van der Waals surface area contributed by atoms with Gasteiger partial charge in [0.15, 0.2) is 0 Å². The Morgan fingerprint density at radius 3 is 2.50 bits per heavy atom. The van der Waals surface area contributed by atoms with Crippen molar-refractivity contribution in [2.75, 3.05) is 38.1 Å². The van der Waals surface area contributed by atoms with E-state index >= 15 is 0 Å². The van der Waals surface area contributed by atoms with Crippen LogP contribution in [0.2, 0.25) is 5.02 Å². The lowest BCUT2D eigenvalue weighted by atomic mass is 10.2. The zero-order valence-corrected chi connectivity index (χ0v) is 13.0. The minimum absolute atomic E-state index is 0.655. The van der Waals surface area contributed by atoms with Crippen molar-refractivity contribution in [1.29, 1.82) is 0 Å². The Balaban J connectivity index is 1.89. The molecular weight excluding hydrogens is 274 g/mol. The van der Waals surface area contributed by atoms with Crippen molar-refractivity contribution in [2.45, 2.75) is 20.4 Å². The van der Waals surface area contributed by atoms with Crippen LogP contribution in [0.15, 0.2) is 12.1 Å². The van der Waals surface area contributed by atoms with E-state index in [1.807, 2.05) is 6.07 Å². The molecule has 0 atom stereocenters. The van der Waals surface area contributed by atoms with Crippen LogP contribution in [0.4, 0.5) is 5.82 Å². The van der Waals surface area contributed by atoms with Crippen LogP contribution < -0.4 is 11.3 Å². The summed E-state index contributed by atoms with van der Waals surface area (Å²) < 4.78 is 0. The number of nitrogen functional groups attached to an aromatic ring is 1. The summed E-state index contributed by atoms with van der Waals surface area (Å²) in [7, 11) is 0. The number of hydrogen-bond donors (Lipinski definition) is 2. The molecule has 0 spiro atoms. The predicted octanol–water partition coefficient (Wildman–Crippen LogP) is 1.79. The number of aromatic nitrogens is 1. The summed E-state index contributed by atoms with van der Waals surface area (Å²) in [5.74, 6) is 6.77. The molecule has 1 saturated heterocycles. The van der Waals surface area contributed by atoms with Gasteiger partial charge in [0, 0.05) is 39.3 Å². The SMILES string of the molecule is CC(C)CN1CCN(Cc2nc(NN)ccc2Cl)CC1. The molecule has 1 fully saturated rings. The summed E-state index contributed by atoms with van der Waals surface area (Å²) in [6.07, 6.45) is 0. The van der Waals surface area contributed by atoms with E-state index < -0.39 is 0 Å². The average molecular weight is 298 g/mol. The molecule has 0 radical (unpaired) electrons. The number of pyridine rings is 1. The highest BCUT2D eigenvalue weighted by molar-refractivity contribution is 6.31. The molecule has 0 amide bonds. The van der Waals surface area contributed by atoms with Crippen molar-refractivity contribution in [2.24, 2.45) is 11.8 Å². The van der Waals surface area contributed by atoms with E-state index in [4.69, 9.17) is 17.4 Å². The molecule has 6 heteroatoms. The monoisotopic (exact) mass is 297 g/mol. The number of hydrazine groups is 1. The number of rotatable bonds is 5. The lowest BCUT2D eigenvalue weighted by Crippen LogP contribution is -2.47. The smallest absolute Gasteiger partial charge is 0.140 e. The number of halogens is 1. The van der Waals surface area contributed by atoms with Gasteiger partial charge in [0.2, 0.25) is 0 Å². The quantitative estimate of drug-likeness (QED) is 0.641. The van der Waals surface area contributed by atoms with Crippen molar-refractivity contribution in [1.82, 2.24) is 14.8 Å². The maximum absolute atomic E-state index is 6.20. The Bertz CT molecular complexity index is 430. The maximum atomic E-state index is 6.20. The first-order valence-corrected chi connectivity index (χ1v) is 7.53. The molecule has 1 aromatic rings. The highest BCUT2D eigenvalue weighted by Gasteiger charge is 2.18. The summed E-state index contributed by atoms with van der Waals surface area (Å²) in [4.78, 5) is 9.35. The van der Waals surface area contributed by atoms with Gasteiger partial charge in [0.1, 0.15) is 5.82 Å². The standard InChI is InChI=1S/C14H24ClN5/c1-11(2)9-19-5-7-20(8-6-19)10-13-12(15)3-4-14(17-13)18-16/h3-4,11H,5-10,16H2,1-2H3,(H,17,18). The lowest BCUT2D eigenvalue weighted by molar-refractivity contribution is 0.116. The fourth-order valence-corrected chi connectivity index (χ4v) is 2.70. The van der Waals surface area contributed by atoms with Crippen molar-refractivity contribution in [3.8, 4) is 0 Å². The number of nitrogens with one attached hydrogen (secondary N) is 1. The summed E-state index contributed by atoms with van der Waals surface area (Å²) >= 11 is 6.20. The predicted molar refractivity (Wildman–Crippen MR) is 83.6 cm³/mol. The number of hydrogen-bond acceptors (Lipinski definition) is 5. The van der Waals surface area contributed by atoms with Crippen LogP contribution in [0, 0.1) is 5.92 Å². The maximum Gasteiger partial charge on any atom is 0.140 e. The van der Waals surface area contributed by atoms with Gasteiger partial charge < -0.3 is 10.3 Å². The summed E-state index contributed by atoms with van der Waals surface area (Å²) in [6.45, 7) is 10.8. The van der Waals surface area contributed by atoms with Crippen LogP contribution in [0.5, 0.6) is 0 Å². The van der Waals surface area contributed by atoms with Gasteiger partial charge in [-0.05, 0) is 18.1 Å². The first-order valence-electron chi connectivity index (χ1n) is 7.15. The Labute approximate surface area is 126 Å². The lowest BCUT2D eigenvalue weighted by Gasteiger charge is -2.35. The third kappa shape index (κ3) is 4.31. The third-order valence-electron chi connectivity index (χ3n) is 3.53. The van der Waals surface area contributed by atoms with E-state index in [9.17, 15) is 0 Å². The molecule has 3 N–H and O–H groups in total. The number of nitrogens with zero attached hydrogens (tertiary/aromatic N) is 3. The molecule has 0 unspecified atom stereocenters. The van der Waals surface area contributed by atoms with Crippen LogP contribution in [-0.2, 0) is 6.54 Å². The molecule has 0 bridgehead atoms. The van der Waals surface area contributed by atoms with E-state index in [-0.39, 0.29) is 0 Å². The van der Waals surface area contributed by atoms with Crippen LogP contribution in [-0.4, -0.2) is 47.5 Å². The highest BCUT2D eigenvalue weighted by atomic mass is 35.5. The largest absolute Gasteiger partial charge is 0.308 e. The average Bonchev–Trinajstić information content (AvgIpc) is 2.43. The van der Waals surface area contributed by atoms with Crippen molar-refractivity contribution >= 4 is 17.4 Å². The second kappa shape index (κ2) is 7.22. The van der Waals surface area contributed by atoms with Gasteiger partial charge in [-0.15, -0.1) is 0 Å². The van der Waals surface area contributed by atoms with Gasteiger partial charge in [-0.2, -0.15) is 0 Å². The Kier molecular flexibility index (Phi) is 5.60. The minimum Gasteiger partial charge on any atom is -0.308 e. The van der Waals surface area contributed by atoms with E-state index in [1.165, 1.54) is 6.54 Å². The van der Waals surface area contributed by atoms with Gasteiger partial charge in [-0.3, -0.25) is 4.90 Å². The molecule has 1 aliphatic rings. The normalized spacial score (nSPS) is 17.6. The molecule has 112 valence electrons. The first-order chi connectivity index (χ1) is 9.58. The van der Waals surface area contributed by atoms with Crippen LogP contribution in [0.25, 0.3) is 0 Å². The molecule has 0 aromatic carbocycles. The van der Waals surface area contributed by atoms with Gasteiger partial charge in [0.05, 0.1) is 10.7 Å². The van der Waals surface area contributed by atoms with Crippen molar-refractivity contribution in [3.63, 3.8) is 0 Å². The second-order valence-electron chi connectivity index (χ2n) is 5.74. The van der Waals surface area contributed by atoms with Crippen molar-refractivity contribution in [3.05, 3.63) is 22.8 Å². The third-order valence-corrected chi connectivity index (χ3v) is 3.87. The number of anilines is 1. The van der Waals surface area contributed by atoms with Gasteiger partial charge >= 0.3 is 0 Å². The van der Waals surface area contributed by atoms with E-state index in [2.05, 4.69) is 34.1 Å². The summed E-state index contributed by atoms with van der Waals surface area (Å²) in [6, 6.07) is 3.63. The highest BCUT2D eigenvalue weighted by Crippen LogP contribution is 2.19. The Morgan fingerprint density at radius 1 is 1.25 bits per heavy atom. The topological polar surface area (TPSA) is 57.4 Å². The molecule has 20 heavy (non-hydrogen) atoms. The zero-order chi connectivity index (χ0) is 14.5. The number of nitrogens with two attached hydrogens (primary N) is 1. The molecule has 1 aliphatic heterocycles. The zero-order valence-electron chi connectivity index (χ0n) is 12.3. The molecular formula is C14H24ClN5. The fraction of sp³-hybridized carbons (Fsp3) is 0.643. The van der Waals surface area contributed by atoms with Crippen LogP contribution in [0.1, 0.15) is 19.5 Å². The fourth-order valence-electron chi connectivity index (χ4n) is 2.53. The van der Waals surface area contributed by atoms with Crippen LogP contribution in [0.3, 0.4) is 0 Å². The Hall–Kier alpha value is -0.880. The van der Waals surface area contributed by atoms with E-state index in [1.54, 1.807) is 6.07 Å². The molecule has 0 aliphatic carbocycles. The molecule has 2 heterocycles. The minimum atomic E-state index is 0.655. The van der Waals surface area contributed by atoms with Gasteiger partial charge in [-0.1, -0.05) is 25.4 Å². The summed E-state index contributed by atoms with van der Waals surface area (Å²) in [5, 5.41) is 0.702. The van der Waals surface area contributed by atoms with Gasteiger partial charge in [0.25, 0.3) is 0 Å². The molecule has 1 aromatic heterocycles. The first kappa shape index (κ1) is 15.5.